The van der Waals surface area contributed by atoms with Crippen molar-refractivity contribution >= 4 is 26.4 Å². The molecule has 0 unspecified atom stereocenters. The number of hydrogen-bond acceptors (Lipinski definition) is 6. The third-order valence-corrected chi connectivity index (χ3v) is 9.46. The number of sulfone groups is 1. The van der Waals surface area contributed by atoms with Gasteiger partial charge >= 0.3 is 0 Å². The molecule has 2 fully saturated rings. The largest absolute Gasteiger partial charge is 0.393 e. The van der Waals surface area contributed by atoms with Gasteiger partial charge in [-0.15, -0.1) is 0 Å². The zero-order chi connectivity index (χ0) is 24.6. The van der Waals surface area contributed by atoms with Crippen LogP contribution in [0.1, 0.15) is 43.7 Å². The molecule has 2 aromatic carbocycles. The number of rotatable bonds is 5. The Morgan fingerprint density at radius 3 is 2.31 bits per heavy atom. The predicted molar refractivity (Wildman–Crippen MR) is 140 cm³/mol. The highest BCUT2D eigenvalue weighted by molar-refractivity contribution is 7.91. The van der Waals surface area contributed by atoms with Gasteiger partial charge in [0.05, 0.1) is 22.2 Å². The molecule has 5 rings (SSSR count). The van der Waals surface area contributed by atoms with Gasteiger partial charge < -0.3 is 14.9 Å². The fourth-order valence-corrected chi connectivity index (χ4v) is 6.97. The van der Waals surface area contributed by atoms with Crippen LogP contribution in [0, 0.1) is 6.92 Å². The van der Waals surface area contributed by atoms with E-state index in [9.17, 15) is 13.5 Å². The Kier molecular flexibility index (Phi) is 6.84. The standard InChI is InChI=1S/C28H35N3O3S/c1-3-21-5-7-24(8-6-21)35(33,34)27-19-29-26-9-4-20(2)18-25(26)28(27)31-14-10-22(11-15-31)30-16-12-23(32)13-17-30/h4-9,18-19,22-23,32H,3,10-17H2,1-2H3. The van der Waals surface area contributed by atoms with Crippen LogP contribution in [0.2, 0.25) is 0 Å². The average Bonchev–Trinajstić information content (AvgIpc) is 2.88. The molecule has 0 atom stereocenters. The van der Waals surface area contributed by atoms with E-state index >= 15 is 0 Å². The van der Waals surface area contributed by atoms with Crippen LogP contribution in [0.25, 0.3) is 10.9 Å². The molecule has 0 bridgehead atoms. The smallest absolute Gasteiger partial charge is 0.210 e. The summed E-state index contributed by atoms with van der Waals surface area (Å²) in [7, 11) is -3.73. The van der Waals surface area contributed by atoms with E-state index in [2.05, 4.69) is 27.8 Å². The van der Waals surface area contributed by atoms with Crippen LogP contribution in [0.3, 0.4) is 0 Å². The first kappa shape index (κ1) is 24.2. The lowest BCUT2D eigenvalue weighted by Gasteiger charge is -2.42. The van der Waals surface area contributed by atoms with Gasteiger partial charge in [0.25, 0.3) is 0 Å². The molecule has 1 aromatic heterocycles. The number of aryl methyl sites for hydroxylation is 2. The summed E-state index contributed by atoms with van der Waals surface area (Å²) in [6, 6.07) is 13.8. The van der Waals surface area contributed by atoms with Gasteiger partial charge in [-0.05, 0) is 68.9 Å². The summed E-state index contributed by atoms with van der Waals surface area (Å²) >= 11 is 0. The maximum Gasteiger partial charge on any atom is 0.210 e. The number of likely N-dealkylation sites (tertiary alicyclic amines) is 1. The first-order valence-electron chi connectivity index (χ1n) is 12.8. The molecule has 1 N–H and O–H groups in total. The molecule has 2 aliphatic heterocycles. The first-order chi connectivity index (χ1) is 16.9. The fourth-order valence-electron chi connectivity index (χ4n) is 5.53. The van der Waals surface area contributed by atoms with E-state index in [4.69, 9.17) is 0 Å². The monoisotopic (exact) mass is 493 g/mol. The summed E-state index contributed by atoms with van der Waals surface area (Å²) in [4.78, 5) is 9.93. The quantitative estimate of drug-likeness (QED) is 0.569. The summed E-state index contributed by atoms with van der Waals surface area (Å²) in [5.74, 6) is 0. The SMILES string of the molecule is CCc1ccc(S(=O)(=O)c2cnc3ccc(C)cc3c2N2CCC(N3CCC(O)CC3)CC2)cc1. The van der Waals surface area contributed by atoms with Crippen molar-refractivity contribution in [3.05, 3.63) is 59.8 Å². The number of nitrogens with zero attached hydrogens (tertiary/aromatic N) is 3. The van der Waals surface area contributed by atoms with E-state index in [0.29, 0.717) is 15.8 Å². The van der Waals surface area contributed by atoms with E-state index < -0.39 is 9.84 Å². The molecular weight excluding hydrogens is 458 g/mol. The van der Waals surface area contributed by atoms with Crippen LogP contribution >= 0.6 is 0 Å². The molecule has 2 aliphatic rings. The van der Waals surface area contributed by atoms with E-state index in [-0.39, 0.29) is 6.10 Å². The minimum Gasteiger partial charge on any atom is -0.393 e. The lowest BCUT2D eigenvalue weighted by molar-refractivity contribution is 0.0542. The third-order valence-electron chi connectivity index (χ3n) is 7.69. The zero-order valence-corrected chi connectivity index (χ0v) is 21.5. The highest BCUT2D eigenvalue weighted by Crippen LogP contribution is 2.38. The van der Waals surface area contributed by atoms with Gasteiger partial charge in [-0.25, -0.2) is 8.42 Å². The number of anilines is 1. The molecule has 0 saturated carbocycles. The Hall–Kier alpha value is -2.48. The summed E-state index contributed by atoms with van der Waals surface area (Å²) < 4.78 is 27.7. The van der Waals surface area contributed by atoms with E-state index in [1.165, 1.54) is 0 Å². The summed E-state index contributed by atoms with van der Waals surface area (Å²) in [5.41, 5.74) is 3.80. The topological polar surface area (TPSA) is 73.7 Å². The molecule has 3 heterocycles. The first-order valence-corrected chi connectivity index (χ1v) is 14.3. The van der Waals surface area contributed by atoms with Gasteiger partial charge in [-0.2, -0.15) is 0 Å². The number of hydrogen-bond donors (Lipinski definition) is 1. The molecule has 6 nitrogen and oxygen atoms in total. The number of pyridine rings is 1. The number of aliphatic hydroxyl groups excluding tert-OH is 1. The molecule has 0 radical (unpaired) electrons. The molecular formula is C28H35N3O3S. The summed E-state index contributed by atoms with van der Waals surface area (Å²) in [5, 5.41) is 10.8. The normalized spacial score (nSPS) is 18.9. The Bertz CT molecular complexity index is 1290. The highest BCUT2D eigenvalue weighted by Gasteiger charge is 2.32. The Balaban J connectivity index is 1.51. The second-order valence-electron chi connectivity index (χ2n) is 9.98. The highest BCUT2D eigenvalue weighted by atomic mass is 32.2. The van der Waals surface area contributed by atoms with Crippen LogP contribution < -0.4 is 4.90 Å². The van der Waals surface area contributed by atoms with Gasteiger partial charge in [0.1, 0.15) is 4.90 Å². The van der Waals surface area contributed by atoms with Crippen molar-refractivity contribution in [1.29, 1.82) is 0 Å². The minimum atomic E-state index is -3.73. The van der Waals surface area contributed by atoms with Crippen molar-refractivity contribution in [2.24, 2.45) is 0 Å². The van der Waals surface area contributed by atoms with Crippen molar-refractivity contribution in [2.45, 2.75) is 67.9 Å². The summed E-state index contributed by atoms with van der Waals surface area (Å²) in [6.45, 7) is 7.58. The molecule has 2 saturated heterocycles. The van der Waals surface area contributed by atoms with Crippen molar-refractivity contribution < 1.29 is 13.5 Å². The Morgan fingerprint density at radius 1 is 0.971 bits per heavy atom. The fraction of sp³-hybridized carbons (Fsp3) is 0.464. The number of benzene rings is 2. The zero-order valence-electron chi connectivity index (χ0n) is 20.7. The van der Waals surface area contributed by atoms with Crippen LogP contribution in [-0.2, 0) is 16.3 Å². The minimum absolute atomic E-state index is 0.170. The molecule has 7 heteroatoms. The molecule has 186 valence electrons. The summed E-state index contributed by atoms with van der Waals surface area (Å²) in [6.07, 6.45) is 5.90. The van der Waals surface area contributed by atoms with Crippen molar-refractivity contribution in [2.75, 3.05) is 31.1 Å². The molecule has 0 spiro atoms. The van der Waals surface area contributed by atoms with Crippen molar-refractivity contribution in [3.8, 4) is 0 Å². The molecule has 35 heavy (non-hydrogen) atoms. The second kappa shape index (κ2) is 9.88. The van der Waals surface area contributed by atoms with Crippen LogP contribution in [0.15, 0.2) is 58.5 Å². The average molecular weight is 494 g/mol. The third kappa shape index (κ3) is 4.82. The van der Waals surface area contributed by atoms with Crippen molar-refractivity contribution in [3.63, 3.8) is 0 Å². The van der Waals surface area contributed by atoms with E-state index in [1.807, 2.05) is 31.2 Å². The van der Waals surface area contributed by atoms with Gasteiger partial charge in [-0.1, -0.05) is 30.7 Å². The van der Waals surface area contributed by atoms with Crippen LogP contribution in [0.4, 0.5) is 5.69 Å². The van der Waals surface area contributed by atoms with E-state index in [1.54, 1.807) is 18.3 Å². The maximum absolute atomic E-state index is 13.9. The second-order valence-corrected chi connectivity index (χ2v) is 11.9. The van der Waals surface area contributed by atoms with Gasteiger partial charge in [0.2, 0.25) is 9.84 Å². The lowest BCUT2D eigenvalue weighted by atomic mass is 9.98. The Labute approximate surface area is 208 Å². The van der Waals surface area contributed by atoms with Crippen molar-refractivity contribution in [1.82, 2.24) is 9.88 Å². The number of aromatic nitrogens is 1. The predicted octanol–water partition coefficient (Wildman–Crippen LogP) is 4.36. The maximum atomic E-state index is 13.9. The molecule has 0 amide bonds. The number of fused-ring (bicyclic) bond motifs is 1. The Morgan fingerprint density at radius 2 is 1.66 bits per heavy atom. The van der Waals surface area contributed by atoms with Crippen LogP contribution in [0.5, 0.6) is 0 Å². The van der Waals surface area contributed by atoms with Crippen LogP contribution in [-0.4, -0.2) is 61.7 Å². The molecule has 3 aromatic rings. The molecule has 0 aliphatic carbocycles. The van der Waals surface area contributed by atoms with Gasteiger partial charge in [-0.3, -0.25) is 4.98 Å². The van der Waals surface area contributed by atoms with Gasteiger partial charge in [0, 0.05) is 43.8 Å². The number of aliphatic hydroxyl groups is 1. The number of piperidine rings is 2. The lowest BCUT2D eigenvalue weighted by Crippen LogP contribution is -2.48. The van der Waals surface area contributed by atoms with E-state index in [0.717, 1.165) is 86.0 Å². The van der Waals surface area contributed by atoms with Gasteiger partial charge in [0.15, 0.2) is 0 Å².